The Morgan fingerprint density at radius 2 is 1.14 bits per heavy atom. The molecule has 0 saturated carbocycles. The third-order valence-electron chi connectivity index (χ3n) is 3.28. The van der Waals surface area contributed by atoms with Gasteiger partial charge in [-0.05, 0) is 35.1 Å². The first kappa shape index (κ1) is 15.3. The molecule has 0 aliphatic rings. The summed E-state index contributed by atoms with van der Waals surface area (Å²) >= 11 is 0. The summed E-state index contributed by atoms with van der Waals surface area (Å²) in [7, 11) is 0. The first-order valence-corrected chi connectivity index (χ1v) is 7.27. The van der Waals surface area contributed by atoms with Crippen molar-refractivity contribution in [1.29, 1.82) is 0 Å². The number of rotatable bonds is 8. The van der Waals surface area contributed by atoms with Gasteiger partial charge in [0.2, 0.25) is 0 Å². The van der Waals surface area contributed by atoms with Gasteiger partial charge in [0.1, 0.15) is 0 Å². The molecule has 0 fully saturated rings. The third-order valence-corrected chi connectivity index (χ3v) is 3.28. The van der Waals surface area contributed by atoms with Gasteiger partial charge in [-0.25, -0.2) is 0 Å². The molecule has 0 aromatic heterocycles. The van der Waals surface area contributed by atoms with Crippen molar-refractivity contribution in [3.05, 3.63) is 96.1 Å². The van der Waals surface area contributed by atoms with Crippen LogP contribution in [0.15, 0.2) is 73.8 Å². The van der Waals surface area contributed by atoms with Crippen LogP contribution in [-0.2, 0) is 30.8 Å². The normalized spacial score (nSPS) is 10.3. The lowest BCUT2D eigenvalue weighted by Crippen LogP contribution is -1.96. The summed E-state index contributed by atoms with van der Waals surface area (Å²) in [6, 6.07) is 16.9. The molecule has 0 aliphatic carbocycles. The Kier molecular flexibility index (Phi) is 5.99. The highest BCUT2D eigenvalue weighted by atomic mass is 16.5. The minimum atomic E-state index is 0.636. The molecule has 0 N–H and O–H groups in total. The summed E-state index contributed by atoms with van der Waals surface area (Å²) in [5.74, 6) is 0. The Morgan fingerprint density at radius 1 is 0.714 bits per heavy atom. The standard InChI is InChI=1S/C20H22O/c1-3-7-17-9-5-11-19(13-17)15-21-16-20-12-6-10-18(14-20)8-4-2/h3-6,9-14H,1-2,7-8,15-16H2. The van der Waals surface area contributed by atoms with E-state index < -0.39 is 0 Å². The molecular weight excluding hydrogens is 256 g/mol. The Morgan fingerprint density at radius 3 is 1.57 bits per heavy atom. The molecule has 0 spiro atoms. The van der Waals surface area contributed by atoms with Crippen molar-refractivity contribution < 1.29 is 4.74 Å². The van der Waals surface area contributed by atoms with Gasteiger partial charge in [-0.2, -0.15) is 0 Å². The first-order valence-electron chi connectivity index (χ1n) is 7.27. The van der Waals surface area contributed by atoms with Gasteiger partial charge in [-0.3, -0.25) is 0 Å². The van der Waals surface area contributed by atoms with E-state index in [1.54, 1.807) is 0 Å². The molecule has 0 bridgehead atoms. The van der Waals surface area contributed by atoms with Crippen LogP contribution in [0, 0.1) is 0 Å². The minimum absolute atomic E-state index is 0.636. The van der Waals surface area contributed by atoms with Crippen molar-refractivity contribution in [2.45, 2.75) is 26.1 Å². The zero-order valence-corrected chi connectivity index (χ0v) is 12.4. The van der Waals surface area contributed by atoms with Gasteiger partial charge in [-0.15, -0.1) is 13.2 Å². The number of ether oxygens (including phenoxy) is 1. The van der Waals surface area contributed by atoms with Gasteiger partial charge >= 0.3 is 0 Å². The smallest absolute Gasteiger partial charge is 0.0721 e. The SMILES string of the molecule is C=CCc1cccc(COCc2cccc(CC=C)c2)c1. The number of benzene rings is 2. The van der Waals surface area contributed by atoms with Crippen LogP contribution in [0.4, 0.5) is 0 Å². The number of allylic oxidation sites excluding steroid dienone is 2. The molecule has 0 heterocycles. The predicted molar refractivity (Wildman–Crippen MR) is 89.2 cm³/mol. The molecule has 0 aliphatic heterocycles. The molecule has 0 amide bonds. The van der Waals surface area contributed by atoms with Gasteiger partial charge in [0.05, 0.1) is 13.2 Å². The van der Waals surface area contributed by atoms with Crippen molar-refractivity contribution >= 4 is 0 Å². The highest BCUT2D eigenvalue weighted by molar-refractivity contribution is 5.25. The summed E-state index contributed by atoms with van der Waals surface area (Å²) in [4.78, 5) is 0. The van der Waals surface area contributed by atoms with E-state index in [0.717, 1.165) is 12.8 Å². The van der Waals surface area contributed by atoms with E-state index in [0.29, 0.717) is 13.2 Å². The van der Waals surface area contributed by atoms with Gasteiger partial charge < -0.3 is 4.74 Å². The van der Waals surface area contributed by atoms with Crippen molar-refractivity contribution in [3.63, 3.8) is 0 Å². The molecule has 2 aromatic carbocycles. The van der Waals surface area contributed by atoms with E-state index >= 15 is 0 Å². The molecule has 0 radical (unpaired) electrons. The summed E-state index contributed by atoms with van der Waals surface area (Å²) in [6.07, 6.45) is 5.64. The van der Waals surface area contributed by atoms with Crippen LogP contribution in [-0.4, -0.2) is 0 Å². The molecule has 0 saturated heterocycles. The second-order valence-electron chi connectivity index (χ2n) is 5.12. The van der Waals surface area contributed by atoms with E-state index in [2.05, 4.69) is 61.7 Å². The minimum Gasteiger partial charge on any atom is -0.372 e. The topological polar surface area (TPSA) is 9.23 Å². The maximum Gasteiger partial charge on any atom is 0.0721 e. The maximum atomic E-state index is 5.82. The Balaban J connectivity index is 1.89. The van der Waals surface area contributed by atoms with Crippen LogP contribution in [0.3, 0.4) is 0 Å². The highest BCUT2D eigenvalue weighted by Crippen LogP contribution is 2.11. The second kappa shape index (κ2) is 8.23. The third kappa shape index (κ3) is 5.05. The van der Waals surface area contributed by atoms with Crippen LogP contribution in [0.1, 0.15) is 22.3 Å². The lowest BCUT2D eigenvalue weighted by molar-refractivity contribution is 0.107. The van der Waals surface area contributed by atoms with Crippen LogP contribution >= 0.6 is 0 Å². The van der Waals surface area contributed by atoms with Crippen LogP contribution in [0.25, 0.3) is 0 Å². The predicted octanol–water partition coefficient (Wildman–Crippen LogP) is 4.86. The lowest BCUT2D eigenvalue weighted by Gasteiger charge is -2.07. The quantitative estimate of drug-likeness (QED) is 0.627. The fourth-order valence-electron chi connectivity index (χ4n) is 2.31. The molecule has 2 aromatic rings. The van der Waals surface area contributed by atoms with Gasteiger partial charge in [0.15, 0.2) is 0 Å². The van der Waals surface area contributed by atoms with Gasteiger partial charge in [0.25, 0.3) is 0 Å². The van der Waals surface area contributed by atoms with Crippen molar-refractivity contribution in [3.8, 4) is 0 Å². The zero-order valence-electron chi connectivity index (χ0n) is 12.4. The maximum absolute atomic E-state index is 5.82. The summed E-state index contributed by atoms with van der Waals surface area (Å²) < 4.78 is 5.82. The number of hydrogen-bond acceptors (Lipinski definition) is 1. The molecular formula is C20H22O. The first-order chi connectivity index (χ1) is 10.3. The van der Waals surface area contributed by atoms with Crippen LogP contribution in [0.2, 0.25) is 0 Å². The molecule has 21 heavy (non-hydrogen) atoms. The largest absolute Gasteiger partial charge is 0.372 e. The Hall–Kier alpha value is -2.12. The van der Waals surface area contributed by atoms with E-state index in [-0.39, 0.29) is 0 Å². The van der Waals surface area contributed by atoms with Crippen LogP contribution in [0.5, 0.6) is 0 Å². The van der Waals surface area contributed by atoms with Gasteiger partial charge in [-0.1, -0.05) is 60.7 Å². The van der Waals surface area contributed by atoms with Crippen LogP contribution < -0.4 is 0 Å². The van der Waals surface area contributed by atoms with Gasteiger partial charge in [0, 0.05) is 0 Å². The summed E-state index contributed by atoms with van der Waals surface area (Å²) in [5.41, 5.74) is 4.96. The van der Waals surface area contributed by atoms with E-state index in [1.165, 1.54) is 22.3 Å². The van der Waals surface area contributed by atoms with E-state index in [4.69, 9.17) is 4.74 Å². The Bertz CT molecular complexity index is 545. The van der Waals surface area contributed by atoms with E-state index in [9.17, 15) is 0 Å². The Labute approximate surface area is 127 Å². The van der Waals surface area contributed by atoms with Crippen molar-refractivity contribution in [1.82, 2.24) is 0 Å². The van der Waals surface area contributed by atoms with E-state index in [1.807, 2.05) is 12.2 Å². The highest BCUT2D eigenvalue weighted by Gasteiger charge is 1.98. The summed E-state index contributed by atoms with van der Waals surface area (Å²) in [6.45, 7) is 8.82. The lowest BCUT2D eigenvalue weighted by atomic mass is 10.1. The zero-order chi connectivity index (χ0) is 14.9. The fourth-order valence-corrected chi connectivity index (χ4v) is 2.31. The average molecular weight is 278 g/mol. The molecule has 1 nitrogen and oxygen atoms in total. The molecule has 0 unspecified atom stereocenters. The molecule has 108 valence electrons. The molecule has 2 rings (SSSR count). The molecule has 0 atom stereocenters. The number of hydrogen-bond donors (Lipinski definition) is 0. The molecule has 1 heteroatoms. The monoisotopic (exact) mass is 278 g/mol. The summed E-state index contributed by atoms with van der Waals surface area (Å²) in [5, 5.41) is 0. The van der Waals surface area contributed by atoms with Crippen molar-refractivity contribution in [2.24, 2.45) is 0 Å². The fraction of sp³-hybridized carbons (Fsp3) is 0.200. The second-order valence-corrected chi connectivity index (χ2v) is 5.12. The average Bonchev–Trinajstić information content (AvgIpc) is 2.49. The van der Waals surface area contributed by atoms with Crippen molar-refractivity contribution in [2.75, 3.05) is 0 Å².